The third-order valence-corrected chi connectivity index (χ3v) is 20.7. The highest BCUT2D eigenvalue weighted by Crippen LogP contribution is 2.38. The number of esters is 1. The van der Waals surface area contributed by atoms with E-state index in [1.54, 1.807) is 42.2 Å². The number of ketones is 3. The van der Waals surface area contributed by atoms with Crippen molar-refractivity contribution in [3.05, 3.63) is 154 Å². The molecular formula is C78H95N7O12. The van der Waals surface area contributed by atoms with Crippen LogP contribution in [0.25, 0.3) is 49.7 Å². The zero-order chi connectivity index (χ0) is 70.0. The zero-order valence-electron chi connectivity index (χ0n) is 57.7. The number of aliphatic hydroxyl groups excluding tert-OH is 2. The van der Waals surface area contributed by atoms with Crippen molar-refractivity contribution in [1.82, 2.24) is 24.0 Å². The van der Waals surface area contributed by atoms with E-state index in [9.17, 15) is 49.5 Å². The van der Waals surface area contributed by atoms with Gasteiger partial charge in [-0.2, -0.15) is 5.26 Å². The van der Waals surface area contributed by atoms with Crippen molar-refractivity contribution in [3.63, 3.8) is 0 Å². The Morgan fingerprint density at radius 1 is 0.804 bits per heavy atom. The van der Waals surface area contributed by atoms with Crippen LogP contribution in [0.2, 0.25) is 0 Å². The lowest BCUT2D eigenvalue weighted by molar-refractivity contribution is -0.169. The first-order valence-electron chi connectivity index (χ1n) is 34.5. The monoisotopic (exact) mass is 1320 g/mol. The second-order valence-electron chi connectivity index (χ2n) is 28.3. The number of aliphatic hydroxyl groups is 3. The molecule has 5 heterocycles. The maximum atomic E-state index is 15.8. The molecule has 1 aliphatic carbocycles. The van der Waals surface area contributed by atoms with Gasteiger partial charge in [-0.25, -0.2) is 9.59 Å². The maximum Gasteiger partial charge on any atom is 0.334 e. The first-order chi connectivity index (χ1) is 46.3. The van der Waals surface area contributed by atoms with Crippen LogP contribution in [0, 0.1) is 51.7 Å². The number of fused-ring (bicyclic) bond motifs is 5. The smallest absolute Gasteiger partial charge is 0.334 e. The minimum Gasteiger partial charge on any atom is -0.460 e. The number of carbonyl (C=O) groups is 5. The van der Waals surface area contributed by atoms with Crippen molar-refractivity contribution in [2.24, 2.45) is 40.7 Å². The first kappa shape index (κ1) is 72.8. The number of amides is 1. The minimum atomic E-state index is -3.02. The van der Waals surface area contributed by atoms with Crippen molar-refractivity contribution < 1.29 is 48.8 Å². The first-order valence-corrected chi connectivity index (χ1v) is 34.5. The number of piperidine rings is 1. The molecule has 3 aliphatic rings. The van der Waals surface area contributed by atoms with Crippen molar-refractivity contribution in [2.45, 2.75) is 200 Å². The lowest BCUT2D eigenvalue weighted by atomic mass is 9.79. The van der Waals surface area contributed by atoms with Crippen molar-refractivity contribution in [3.8, 4) is 22.9 Å². The fourth-order valence-corrected chi connectivity index (χ4v) is 14.5. The minimum absolute atomic E-state index is 0.0434. The highest BCUT2D eigenvalue weighted by Gasteiger charge is 2.50. The van der Waals surface area contributed by atoms with Gasteiger partial charge in [0.2, 0.25) is 0 Å². The molecule has 1 saturated carbocycles. The van der Waals surface area contributed by atoms with Crippen LogP contribution >= 0.6 is 0 Å². The average Bonchev–Trinajstić information content (AvgIpc) is 1.59. The summed E-state index contributed by atoms with van der Waals surface area (Å²) in [6, 6.07) is 23.7. The van der Waals surface area contributed by atoms with E-state index in [0.717, 1.165) is 50.9 Å². The van der Waals surface area contributed by atoms with Gasteiger partial charge in [-0.15, -0.1) is 4.91 Å². The number of para-hydroxylation sites is 1. The quantitative estimate of drug-likeness (QED) is 0.0525. The molecule has 1 saturated heterocycles. The van der Waals surface area contributed by atoms with Crippen LogP contribution in [-0.2, 0) is 38.9 Å². The number of cyclic esters (lactones) is 1. The van der Waals surface area contributed by atoms with Gasteiger partial charge in [-0.3, -0.25) is 38.3 Å². The molecule has 11 atom stereocenters. The average molecular weight is 1320 g/mol. The molecule has 0 bridgehead atoms. The van der Waals surface area contributed by atoms with Crippen LogP contribution in [0.15, 0.2) is 143 Å². The normalized spacial score (nSPS) is 29.3. The van der Waals surface area contributed by atoms with Gasteiger partial charge in [0.15, 0.2) is 5.78 Å². The highest BCUT2D eigenvalue weighted by molar-refractivity contribution is 6.39. The van der Waals surface area contributed by atoms with Crippen molar-refractivity contribution in [1.29, 1.82) is 5.26 Å². The number of hydrogen-bond acceptors (Lipinski definition) is 16. The number of hydrogen-bond donors (Lipinski definition) is 3. The van der Waals surface area contributed by atoms with Crippen LogP contribution in [0.3, 0.4) is 0 Å². The van der Waals surface area contributed by atoms with Crippen molar-refractivity contribution >= 4 is 62.1 Å². The number of nitrogens with zero attached hydrogens (tertiary/aromatic N) is 7. The van der Waals surface area contributed by atoms with Crippen LogP contribution in [0.5, 0.6) is 0 Å². The number of nitroso groups, excluding NO2 is 1. The summed E-state index contributed by atoms with van der Waals surface area (Å²) in [5.74, 6) is -7.01. The molecule has 0 radical (unpaired) electrons. The topological polar surface area (TPSA) is 274 Å². The van der Waals surface area contributed by atoms with E-state index in [-0.39, 0.29) is 60.8 Å². The molecule has 19 heteroatoms. The van der Waals surface area contributed by atoms with E-state index in [4.69, 9.17) is 19.4 Å². The number of imidazole rings is 1. The number of ether oxygens (including phenoxy) is 2. The lowest BCUT2D eigenvalue weighted by Crippen LogP contribution is -2.57. The molecule has 2 aliphatic heterocycles. The second-order valence-corrected chi connectivity index (χ2v) is 28.3. The Morgan fingerprint density at radius 2 is 1.49 bits per heavy atom. The highest BCUT2D eigenvalue weighted by atomic mass is 16.5. The lowest BCUT2D eigenvalue weighted by Gasteiger charge is -2.37. The summed E-state index contributed by atoms with van der Waals surface area (Å²) < 4.78 is 15.4. The molecule has 6 aromatic rings. The fourth-order valence-electron chi connectivity index (χ4n) is 14.5. The fraction of sp³-hybridized carbons (Fsp3) is 0.500. The SMILES string of the molecule is CO[C@H]1C(=O)[C@H](C)C[C@H](C)/C=C/C=C/C=C(/C)[C@@H](n2c(=O)n(-c3ccc(C(C)(C)C#N)cc3)c3c4cc(-c5cnc6ccccc6c5)ccc4ncc32)CCCC[C@@H](C)[C@@](O)(N=O)C(=O)C(=O)N2CCCC[C@H]2C(=O)O[C@H](C(C)CC2CCC(O)CC2)CC(=O)[C@H](C)/C=C(\C)[C@H]1O. The third-order valence-electron chi connectivity index (χ3n) is 20.7. The number of rotatable bonds is 9. The molecule has 514 valence electrons. The predicted octanol–water partition coefficient (Wildman–Crippen LogP) is 13.2. The second kappa shape index (κ2) is 31.9. The van der Waals surface area contributed by atoms with E-state index >= 15 is 4.79 Å². The molecule has 3 aromatic carbocycles. The van der Waals surface area contributed by atoms with Crippen LogP contribution in [0.1, 0.15) is 164 Å². The number of methoxy groups -OCH3 is 1. The summed E-state index contributed by atoms with van der Waals surface area (Å²) in [5, 5.41) is 48.8. The number of pyridine rings is 2. The maximum absolute atomic E-state index is 15.8. The zero-order valence-corrected chi connectivity index (χ0v) is 57.7. The number of Topliss-reactive ketones (excluding diaryl/α,β-unsaturated/α-hetero) is 3. The standard InChI is InChI=1S/C78H95N7O12/c1-47-20-12-11-13-21-48(2)64(85-66-45-81-63-36-29-55(57-41-56-23-15-16-24-62(56)80-44-57)42-61(63)69(66)84(76(85)93)59-32-30-58(31-33-59)77(8,9)46-79)25-17-14-22-53(7)78(94,82-95)73(90)74(91)83-37-19-18-26-65(83)75(92)97-68(50(4)40-54-27-34-60(86)35-28-54)43-67(87)49(3)39-52(6)71(89)72(96-10)70(88)51(5)38-47/h11-13,15-16,20-21,23-24,29-33,36,39,41-42,44-45,47,49-51,53-54,60,64-65,68,71-72,86,89,94H,14,17-19,22,25-28,34-35,37-38,40,43H2,1-10H3/b13-11+,20-12+,48-21-,52-39+/t47-,49-,50?,51-,53-,54?,60?,64+,65+,68+,71-,72+,78+/m1/s1. The van der Waals surface area contributed by atoms with E-state index < -0.39 is 83.1 Å². The predicted molar refractivity (Wildman–Crippen MR) is 375 cm³/mol. The van der Waals surface area contributed by atoms with Gasteiger partial charge in [-0.05, 0) is 174 Å². The Hall–Kier alpha value is -8.41. The Bertz CT molecular complexity index is 4110. The van der Waals surface area contributed by atoms with Crippen LogP contribution in [0.4, 0.5) is 0 Å². The number of benzene rings is 3. The molecule has 1 unspecified atom stereocenters. The number of nitriles is 1. The Kier molecular flexibility index (Phi) is 23.9. The molecule has 3 N–H and O–H groups in total. The van der Waals surface area contributed by atoms with Gasteiger partial charge in [0.05, 0.1) is 57.6 Å². The Labute approximate surface area is 568 Å². The third kappa shape index (κ3) is 16.4. The molecule has 1 amide bonds. The van der Waals surface area contributed by atoms with Gasteiger partial charge in [0, 0.05) is 60.4 Å². The number of aromatic nitrogens is 4. The van der Waals surface area contributed by atoms with Gasteiger partial charge < -0.3 is 29.7 Å². The van der Waals surface area contributed by atoms with Crippen LogP contribution < -0.4 is 5.69 Å². The molecular weight excluding hydrogens is 1230 g/mol. The van der Waals surface area contributed by atoms with Gasteiger partial charge >= 0.3 is 11.7 Å². The Morgan fingerprint density at radius 3 is 2.21 bits per heavy atom. The number of allylic oxidation sites excluding steroid dienone is 7. The summed E-state index contributed by atoms with van der Waals surface area (Å²) in [7, 11) is 1.36. The van der Waals surface area contributed by atoms with E-state index in [2.05, 4.69) is 17.3 Å². The molecule has 2 fully saturated rings. The summed E-state index contributed by atoms with van der Waals surface area (Å²) >= 11 is 0. The van der Waals surface area contributed by atoms with Gasteiger partial charge in [0.25, 0.3) is 17.4 Å². The number of carbonyl (C=O) groups excluding carboxylic acids is 5. The summed E-state index contributed by atoms with van der Waals surface area (Å²) in [6.45, 7) is 16.0. The van der Waals surface area contributed by atoms with E-state index in [1.807, 2.05) is 138 Å². The molecule has 9 rings (SSSR count). The van der Waals surface area contributed by atoms with E-state index in [1.165, 1.54) is 14.0 Å². The molecule has 0 spiro atoms. The largest absolute Gasteiger partial charge is 0.460 e. The summed E-state index contributed by atoms with van der Waals surface area (Å²) in [6.07, 6.45) is 16.2. The van der Waals surface area contributed by atoms with Crippen LogP contribution in [-0.4, -0.2) is 118 Å². The summed E-state index contributed by atoms with van der Waals surface area (Å²) in [5.41, 5.74) is 2.54. The molecule has 19 nitrogen and oxygen atoms in total. The Balaban J connectivity index is 1.10. The molecule has 3 aromatic heterocycles. The van der Waals surface area contributed by atoms with Gasteiger partial charge in [0.1, 0.15) is 30.1 Å². The van der Waals surface area contributed by atoms with E-state index in [0.29, 0.717) is 91.0 Å². The molecule has 97 heavy (non-hydrogen) atoms. The summed E-state index contributed by atoms with van der Waals surface area (Å²) in [4.78, 5) is 112. The van der Waals surface area contributed by atoms with Gasteiger partial charge in [-0.1, -0.05) is 126 Å². The van der Waals surface area contributed by atoms with Crippen molar-refractivity contribution in [2.75, 3.05) is 13.7 Å².